The van der Waals surface area contributed by atoms with Gasteiger partial charge in [-0.25, -0.2) is 0 Å². The Morgan fingerprint density at radius 2 is 1.55 bits per heavy atom. The van der Waals surface area contributed by atoms with Gasteiger partial charge in [0.25, 0.3) is 0 Å². The van der Waals surface area contributed by atoms with Crippen LogP contribution in [0.15, 0.2) is 28.3 Å². The Labute approximate surface area is 138 Å². The highest BCUT2D eigenvalue weighted by molar-refractivity contribution is 5.79. The number of hydrogen-bond donors (Lipinski definition) is 0. The van der Waals surface area contributed by atoms with E-state index in [1.54, 1.807) is 7.11 Å². The number of methoxy groups -OCH3 is 1. The molecule has 2 heteroatoms. The molecule has 0 aromatic rings. The van der Waals surface area contributed by atoms with Crippen molar-refractivity contribution in [2.45, 2.75) is 85.7 Å². The maximum Gasteiger partial charge on any atom is 0.0625 e. The number of hydrogen-bond acceptors (Lipinski definition) is 2. The zero-order chi connectivity index (χ0) is 17.0. The van der Waals surface area contributed by atoms with Crippen molar-refractivity contribution in [2.75, 3.05) is 13.7 Å². The summed E-state index contributed by atoms with van der Waals surface area (Å²) in [6, 6.07) is 0. The minimum absolute atomic E-state index is 0.00401. The van der Waals surface area contributed by atoms with E-state index in [2.05, 4.69) is 58.7 Å². The van der Waals surface area contributed by atoms with Crippen LogP contribution < -0.4 is 0 Å². The fourth-order valence-electron chi connectivity index (χ4n) is 2.16. The van der Waals surface area contributed by atoms with Gasteiger partial charge in [-0.2, -0.15) is 0 Å². The summed E-state index contributed by atoms with van der Waals surface area (Å²) in [7, 11) is 1.79. The molecule has 0 unspecified atom stereocenters. The SMILES string of the molecule is COC(C)(C)CCC=C(C)CCCC=C(C)CCN=C(C)C. The van der Waals surface area contributed by atoms with Gasteiger partial charge in [0.2, 0.25) is 0 Å². The van der Waals surface area contributed by atoms with Gasteiger partial charge in [-0.1, -0.05) is 23.3 Å². The van der Waals surface area contributed by atoms with Gasteiger partial charge in [-0.3, -0.25) is 4.99 Å². The molecule has 0 N–H and O–H groups in total. The Bertz CT molecular complexity index is 385. The summed E-state index contributed by atoms with van der Waals surface area (Å²) in [6.07, 6.45) is 11.6. The summed E-state index contributed by atoms with van der Waals surface area (Å²) in [5, 5.41) is 0. The number of ether oxygens (including phenoxy) is 1. The van der Waals surface area contributed by atoms with Crippen LogP contribution in [0, 0.1) is 0 Å². The lowest BCUT2D eigenvalue weighted by Gasteiger charge is -2.21. The summed E-state index contributed by atoms with van der Waals surface area (Å²) >= 11 is 0. The third-order valence-corrected chi connectivity index (χ3v) is 3.99. The maximum atomic E-state index is 5.45. The molecule has 0 rings (SSSR count). The second kappa shape index (κ2) is 11.6. The van der Waals surface area contributed by atoms with Crippen molar-refractivity contribution in [2.24, 2.45) is 4.99 Å². The molecule has 0 aromatic heterocycles. The van der Waals surface area contributed by atoms with E-state index in [-0.39, 0.29) is 5.60 Å². The molecule has 0 aliphatic heterocycles. The second-order valence-electron chi connectivity index (χ2n) is 7.07. The first-order valence-corrected chi connectivity index (χ1v) is 8.61. The van der Waals surface area contributed by atoms with Crippen LogP contribution in [0.1, 0.15) is 80.1 Å². The van der Waals surface area contributed by atoms with Crippen LogP contribution in [0.3, 0.4) is 0 Å². The average Bonchev–Trinajstić information content (AvgIpc) is 2.43. The predicted molar refractivity (Wildman–Crippen MR) is 100.0 cm³/mol. The van der Waals surface area contributed by atoms with E-state index in [9.17, 15) is 0 Å². The molecule has 0 aromatic carbocycles. The Morgan fingerprint density at radius 3 is 2.14 bits per heavy atom. The zero-order valence-corrected chi connectivity index (χ0v) is 16.0. The van der Waals surface area contributed by atoms with Crippen molar-refractivity contribution in [3.05, 3.63) is 23.3 Å². The lowest BCUT2D eigenvalue weighted by molar-refractivity contribution is 0.0163. The molecule has 0 radical (unpaired) electrons. The lowest BCUT2D eigenvalue weighted by Crippen LogP contribution is -2.21. The van der Waals surface area contributed by atoms with Gasteiger partial charge in [0.1, 0.15) is 0 Å². The Morgan fingerprint density at radius 1 is 0.955 bits per heavy atom. The Hall–Kier alpha value is -0.890. The topological polar surface area (TPSA) is 21.6 Å². The molecule has 0 spiro atoms. The van der Waals surface area contributed by atoms with E-state index in [1.165, 1.54) is 36.1 Å². The molecule has 0 amide bonds. The molecule has 0 atom stereocenters. The van der Waals surface area contributed by atoms with Crippen molar-refractivity contribution in [3.8, 4) is 0 Å². The van der Waals surface area contributed by atoms with Crippen molar-refractivity contribution >= 4 is 5.71 Å². The molecule has 0 fully saturated rings. The van der Waals surface area contributed by atoms with Gasteiger partial charge in [-0.15, -0.1) is 0 Å². The van der Waals surface area contributed by atoms with Crippen molar-refractivity contribution < 1.29 is 4.74 Å². The standard InChI is InChI=1S/C20H37NO/c1-17(2)21-16-14-19(4)12-9-8-11-18(3)13-10-15-20(5,6)22-7/h12-13H,8-11,14-16H2,1-7H3. The molecule has 2 nitrogen and oxygen atoms in total. The number of nitrogens with zero attached hydrogens (tertiary/aromatic N) is 1. The molecular weight excluding hydrogens is 270 g/mol. The molecule has 0 aliphatic rings. The van der Waals surface area contributed by atoms with Gasteiger partial charge in [0.15, 0.2) is 0 Å². The number of allylic oxidation sites excluding steroid dienone is 3. The zero-order valence-electron chi connectivity index (χ0n) is 16.0. The van der Waals surface area contributed by atoms with Crippen LogP contribution in [-0.2, 0) is 4.74 Å². The van der Waals surface area contributed by atoms with E-state index in [0.29, 0.717) is 0 Å². The van der Waals surface area contributed by atoms with Gasteiger partial charge in [0, 0.05) is 19.4 Å². The highest BCUT2D eigenvalue weighted by Crippen LogP contribution is 2.17. The molecule has 22 heavy (non-hydrogen) atoms. The summed E-state index contributed by atoms with van der Waals surface area (Å²) in [4.78, 5) is 4.44. The van der Waals surface area contributed by atoms with Crippen LogP contribution in [0.5, 0.6) is 0 Å². The minimum Gasteiger partial charge on any atom is -0.379 e. The number of unbranched alkanes of at least 4 members (excludes halogenated alkanes) is 1. The van der Waals surface area contributed by atoms with Crippen LogP contribution in [0.2, 0.25) is 0 Å². The van der Waals surface area contributed by atoms with Crippen molar-refractivity contribution in [1.29, 1.82) is 0 Å². The summed E-state index contributed by atoms with van der Waals surface area (Å²) in [5.41, 5.74) is 4.14. The second-order valence-corrected chi connectivity index (χ2v) is 7.07. The predicted octanol–water partition coefficient (Wildman–Crippen LogP) is 6.13. The first-order chi connectivity index (χ1) is 10.3. The third kappa shape index (κ3) is 12.8. The van der Waals surface area contributed by atoms with Crippen LogP contribution in [-0.4, -0.2) is 25.0 Å². The smallest absolute Gasteiger partial charge is 0.0625 e. The maximum absolute atomic E-state index is 5.45. The highest BCUT2D eigenvalue weighted by atomic mass is 16.5. The van der Waals surface area contributed by atoms with E-state index in [1.807, 2.05) is 0 Å². The number of rotatable bonds is 11. The molecule has 128 valence electrons. The Kier molecular flexibility index (Phi) is 11.2. The van der Waals surface area contributed by atoms with Crippen LogP contribution in [0.4, 0.5) is 0 Å². The van der Waals surface area contributed by atoms with Crippen molar-refractivity contribution in [3.63, 3.8) is 0 Å². The largest absolute Gasteiger partial charge is 0.379 e. The fourth-order valence-corrected chi connectivity index (χ4v) is 2.16. The van der Waals surface area contributed by atoms with E-state index in [0.717, 1.165) is 25.8 Å². The summed E-state index contributed by atoms with van der Waals surface area (Å²) < 4.78 is 5.45. The molecule has 0 bridgehead atoms. The normalized spacial score (nSPS) is 13.4. The first kappa shape index (κ1) is 21.1. The van der Waals surface area contributed by atoms with Crippen molar-refractivity contribution in [1.82, 2.24) is 0 Å². The molecule has 0 saturated carbocycles. The molecule has 0 heterocycles. The quantitative estimate of drug-likeness (QED) is 0.256. The average molecular weight is 308 g/mol. The van der Waals surface area contributed by atoms with Crippen LogP contribution >= 0.6 is 0 Å². The van der Waals surface area contributed by atoms with Gasteiger partial charge >= 0.3 is 0 Å². The lowest BCUT2D eigenvalue weighted by atomic mass is 10.0. The summed E-state index contributed by atoms with van der Waals surface area (Å²) in [6.45, 7) is 13.8. The van der Waals surface area contributed by atoms with E-state index >= 15 is 0 Å². The molecule has 0 aliphatic carbocycles. The third-order valence-electron chi connectivity index (χ3n) is 3.99. The van der Waals surface area contributed by atoms with Gasteiger partial charge in [-0.05, 0) is 80.1 Å². The summed E-state index contributed by atoms with van der Waals surface area (Å²) in [5.74, 6) is 0. The highest BCUT2D eigenvalue weighted by Gasteiger charge is 2.14. The minimum atomic E-state index is -0.00401. The van der Waals surface area contributed by atoms with Gasteiger partial charge < -0.3 is 4.74 Å². The van der Waals surface area contributed by atoms with Crippen LogP contribution in [0.25, 0.3) is 0 Å². The van der Waals surface area contributed by atoms with E-state index < -0.39 is 0 Å². The monoisotopic (exact) mass is 307 g/mol. The molecular formula is C20H37NO. The van der Waals surface area contributed by atoms with E-state index in [4.69, 9.17) is 4.74 Å². The Balaban J connectivity index is 3.87. The van der Waals surface area contributed by atoms with Gasteiger partial charge in [0.05, 0.1) is 5.60 Å². The molecule has 0 saturated heterocycles. The first-order valence-electron chi connectivity index (χ1n) is 8.61. The fraction of sp³-hybridized carbons (Fsp3) is 0.750. The number of aliphatic imine (C=N–C) groups is 1.